The van der Waals surface area contributed by atoms with E-state index in [1.807, 2.05) is 0 Å². The fourth-order valence-corrected chi connectivity index (χ4v) is 4.96. The van der Waals surface area contributed by atoms with Crippen LogP contribution in [0.3, 0.4) is 0 Å². The molecule has 0 spiro atoms. The third-order valence-electron chi connectivity index (χ3n) is 4.54. The lowest BCUT2D eigenvalue weighted by Gasteiger charge is -2.30. The van der Waals surface area contributed by atoms with Crippen molar-refractivity contribution in [2.75, 3.05) is 5.75 Å². The maximum absolute atomic E-state index is 12.8. The second kappa shape index (κ2) is 8.31. The van der Waals surface area contributed by atoms with Crippen LogP contribution in [0.4, 0.5) is 18.0 Å². The predicted molar refractivity (Wildman–Crippen MR) is 98.6 cm³/mol. The molecule has 0 radical (unpaired) electrons. The third kappa shape index (κ3) is 6.68. The molecule has 2 rings (SSSR count). The van der Waals surface area contributed by atoms with E-state index in [9.17, 15) is 26.4 Å². The van der Waals surface area contributed by atoms with Crippen molar-refractivity contribution >= 4 is 15.9 Å². The maximum Gasteiger partial charge on any atom is 0.416 e. The second-order valence-corrected chi connectivity index (χ2v) is 10.2. The molecule has 0 bridgehead atoms. The Balaban J connectivity index is 1.93. The van der Waals surface area contributed by atoms with Crippen molar-refractivity contribution in [3.05, 3.63) is 29.8 Å². The number of rotatable bonds is 4. The third-order valence-corrected chi connectivity index (χ3v) is 6.43. The topological polar surface area (TPSA) is 72.5 Å². The molecule has 0 saturated heterocycles. The standard InChI is InChI=1S/C19H26F3NO4S/c1-18(2,3)27-17(24)23-15-9-7-13(8-10-15)12-28(25,26)16-6-4-5-14(11-16)19(20,21)22/h4-6,11,13,15H,7-10,12H2,1-3H3,(H,23,24)/t13-,15-. The summed E-state index contributed by atoms with van der Waals surface area (Å²) >= 11 is 0. The van der Waals surface area contributed by atoms with Gasteiger partial charge >= 0.3 is 12.3 Å². The molecular formula is C19H26F3NO4S. The highest BCUT2D eigenvalue weighted by Gasteiger charge is 2.33. The lowest BCUT2D eigenvalue weighted by atomic mass is 9.87. The zero-order valence-corrected chi connectivity index (χ0v) is 17.0. The Labute approximate surface area is 163 Å². The summed E-state index contributed by atoms with van der Waals surface area (Å²) in [4.78, 5) is 11.5. The van der Waals surface area contributed by atoms with Crippen LogP contribution >= 0.6 is 0 Å². The number of ether oxygens (including phenoxy) is 1. The number of alkyl carbamates (subject to hydrolysis) is 1. The number of nitrogens with one attached hydrogen (secondary N) is 1. The summed E-state index contributed by atoms with van der Waals surface area (Å²) in [5.41, 5.74) is -1.57. The van der Waals surface area contributed by atoms with Gasteiger partial charge in [-0.05, 0) is 70.6 Å². The van der Waals surface area contributed by atoms with Gasteiger partial charge in [-0.3, -0.25) is 0 Å². The van der Waals surface area contributed by atoms with Crippen LogP contribution in [0.25, 0.3) is 0 Å². The Morgan fingerprint density at radius 1 is 1.14 bits per heavy atom. The normalized spacial score (nSPS) is 21.2. The summed E-state index contributed by atoms with van der Waals surface area (Å²) in [6.45, 7) is 5.30. The van der Waals surface area contributed by atoms with Gasteiger partial charge in [0.15, 0.2) is 9.84 Å². The summed E-state index contributed by atoms with van der Waals surface area (Å²) in [6.07, 6.45) is -2.76. The lowest BCUT2D eigenvalue weighted by Crippen LogP contribution is -2.41. The Hall–Kier alpha value is -1.77. The van der Waals surface area contributed by atoms with E-state index in [-0.39, 0.29) is 22.6 Å². The van der Waals surface area contributed by atoms with E-state index in [2.05, 4.69) is 5.32 Å². The molecule has 158 valence electrons. The quantitative estimate of drug-likeness (QED) is 0.773. The summed E-state index contributed by atoms with van der Waals surface area (Å²) in [5.74, 6) is -0.357. The zero-order chi connectivity index (χ0) is 21.2. The molecule has 5 nitrogen and oxygen atoms in total. The molecule has 1 saturated carbocycles. The van der Waals surface area contributed by atoms with E-state index in [0.717, 1.165) is 12.1 Å². The first-order valence-electron chi connectivity index (χ1n) is 9.16. The number of hydrogen-bond donors (Lipinski definition) is 1. The summed E-state index contributed by atoms with van der Waals surface area (Å²) in [6, 6.07) is 3.75. The van der Waals surface area contributed by atoms with Crippen LogP contribution in [0.5, 0.6) is 0 Å². The monoisotopic (exact) mass is 421 g/mol. The summed E-state index contributed by atoms with van der Waals surface area (Å²) < 4.78 is 68.8. The molecule has 1 fully saturated rings. The molecule has 1 aliphatic rings. The van der Waals surface area contributed by atoms with Crippen molar-refractivity contribution in [3.63, 3.8) is 0 Å². The van der Waals surface area contributed by atoms with Crippen molar-refractivity contribution in [2.24, 2.45) is 5.92 Å². The average Bonchev–Trinajstić information content (AvgIpc) is 2.54. The number of sulfone groups is 1. The maximum atomic E-state index is 12.8. The smallest absolute Gasteiger partial charge is 0.416 e. The molecule has 0 heterocycles. The van der Waals surface area contributed by atoms with Gasteiger partial charge < -0.3 is 10.1 Å². The molecule has 0 aliphatic heterocycles. The Morgan fingerprint density at radius 2 is 1.75 bits per heavy atom. The van der Waals surface area contributed by atoms with Crippen LogP contribution < -0.4 is 5.32 Å². The fourth-order valence-electron chi connectivity index (χ4n) is 3.22. The van der Waals surface area contributed by atoms with E-state index in [0.29, 0.717) is 31.7 Å². The molecule has 1 aromatic rings. The van der Waals surface area contributed by atoms with Crippen molar-refractivity contribution in [1.29, 1.82) is 0 Å². The van der Waals surface area contributed by atoms with Gasteiger partial charge in [0.25, 0.3) is 0 Å². The zero-order valence-electron chi connectivity index (χ0n) is 16.2. The number of carbonyl (C=O) groups is 1. The van der Waals surface area contributed by atoms with Crippen LogP contribution in [0.15, 0.2) is 29.2 Å². The molecule has 1 aliphatic carbocycles. The molecule has 9 heteroatoms. The van der Waals surface area contributed by atoms with Gasteiger partial charge in [-0.1, -0.05) is 6.07 Å². The SMILES string of the molecule is CC(C)(C)OC(=O)N[C@H]1CC[C@H](CS(=O)(=O)c2cccc(C(F)(F)F)c2)CC1. The minimum atomic E-state index is -4.59. The first kappa shape index (κ1) is 22.5. The predicted octanol–water partition coefficient (Wildman–Crippen LogP) is 4.56. The van der Waals surface area contributed by atoms with Crippen molar-refractivity contribution < 1.29 is 31.1 Å². The average molecular weight is 421 g/mol. The van der Waals surface area contributed by atoms with Crippen molar-refractivity contribution in [3.8, 4) is 0 Å². The second-order valence-electron chi connectivity index (χ2n) is 8.17. The molecule has 1 N–H and O–H groups in total. The summed E-state index contributed by atoms with van der Waals surface area (Å²) in [7, 11) is -3.82. The number of amides is 1. The Morgan fingerprint density at radius 3 is 2.29 bits per heavy atom. The highest BCUT2D eigenvalue weighted by atomic mass is 32.2. The molecular weight excluding hydrogens is 395 g/mol. The van der Waals surface area contributed by atoms with E-state index in [4.69, 9.17) is 4.74 Å². The Bertz CT molecular complexity index is 792. The number of halogens is 3. The van der Waals surface area contributed by atoms with Gasteiger partial charge in [0.05, 0.1) is 16.2 Å². The van der Waals surface area contributed by atoms with Gasteiger partial charge in [0.2, 0.25) is 0 Å². The van der Waals surface area contributed by atoms with Gasteiger partial charge in [0.1, 0.15) is 5.60 Å². The van der Waals surface area contributed by atoms with Crippen molar-refractivity contribution in [1.82, 2.24) is 5.32 Å². The van der Waals surface area contributed by atoms with E-state index in [1.165, 1.54) is 6.07 Å². The molecule has 0 atom stereocenters. The number of carbonyl (C=O) groups excluding carboxylic acids is 1. The van der Waals surface area contributed by atoms with E-state index >= 15 is 0 Å². The fraction of sp³-hybridized carbons (Fsp3) is 0.632. The molecule has 1 aromatic carbocycles. The number of hydrogen-bond acceptors (Lipinski definition) is 4. The minimum absolute atomic E-state index is 0.0950. The van der Waals surface area contributed by atoms with Gasteiger partial charge in [-0.15, -0.1) is 0 Å². The largest absolute Gasteiger partial charge is 0.444 e. The van der Waals surface area contributed by atoms with Crippen molar-refractivity contribution in [2.45, 2.75) is 69.2 Å². The van der Waals surface area contributed by atoms with E-state index < -0.39 is 33.3 Å². The molecule has 28 heavy (non-hydrogen) atoms. The van der Waals surface area contributed by atoms with Gasteiger partial charge in [-0.2, -0.15) is 13.2 Å². The van der Waals surface area contributed by atoms with Crippen LogP contribution in [0.2, 0.25) is 0 Å². The van der Waals surface area contributed by atoms with Crippen LogP contribution in [0, 0.1) is 5.92 Å². The number of benzene rings is 1. The first-order chi connectivity index (χ1) is 12.8. The first-order valence-corrected chi connectivity index (χ1v) is 10.8. The molecule has 1 amide bonds. The highest BCUT2D eigenvalue weighted by molar-refractivity contribution is 7.91. The van der Waals surface area contributed by atoms with Gasteiger partial charge in [0, 0.05) is 6.04 Å². The molecule has 0 aromatic heterocycles. The van der Waals surface area contributed by atoms with E-state index in [1.54, 1.807) is 20.8 Å². The lowest BCUT2D eigenvalue weighted by molar-refractivity contribution is -0.137. The Kier molecular flexibility index (Phi) is 6.68. The van der Waals surface area contributed by atoms with Crippen LogP contribution in [0.1, 0.15) is 52.0 Å². The van der Waals surface area contributed by atoms with Crippen LogP contribution in [-0.4, -0.2) is 31.9 Å². The van der Waals surface area contributed by atoms with Crippen LogP contribution in [-0.2, 0) is 20.8 Å². The highest BCUT2D eigenvalue weighted by Crippen LogP contribution is 2.32. The number of alkyl halides is 3. The minimum Gasteiger partial charge on any atom is -0.444 e. The van der Waals surface area contributed by atoms with Gasteiger partial charge in [-0.25, -0.2) is 13.2 Å². The summed E-state index contributed by atoms with van der Waals surface area (Å²) in [5, 5.41) is 2.78. The molecule has 0 unspecified atom stereocenters.